The molecule has 2 N–H and O–H groups in total. The lowest BCUT2D eigenvalue weighted by Gasteiger charge is -1.96. The van der Waals surface area contributed by atoms with Gasteiger partial charge >= 0.3 is 0 Å². The summed E-state index contributed by atoms with van der Waals surface area (Å²) in [6.45, 7) is 0. The van der Waals surface area contributed by atoms with Gasteiger partial charge in [-0.15, -0.1) is 0 Å². The normalized spacial score (nSPS) is 10.5. The standard InChI is InChI=1S/C8H8IN/c9-6-5-7-3-1-2-4-8(7)10/h1-6H,10H2/b6-5-. The van der Waals surface area contributed by atoms with Crippen LogP contribution in [0, 0.1) is 0 Å². The van der Waals surface area contributed by atoms with Gasteiger partial charge in [0, 0.05) is 5.69 Å². The predicted molar refractivity (Wildman–Crippen MR) is 53.9 cm³/mol. The van der Waals surface area contributed by atoms with E-state index < -0.39 is 0 Å². The molecule has 0 aromatic heterocycles. The lowest BCUT2D eigenvalue weighted by Crippen LogP contribution is -1.86. The van der Waals surface area contributed by atoms with Gasteiger partial charge in [0.25, 0.3) is 0 Å². The molecule has 0 saturated carbocycles. The van der Waals surface area contributed by atoms with Crippen molar-refractivity contribution in [1.29, 1.82) is 0 Å². The van der Waals surface area contributed by atoms with Crippen LogP contribution < -0.4 is 5.73 Å². The van der Waals surface area contributed by atoms with Crippen LogP contribution in [0.25, 0.3) is 6.08 Å². The molecule has 0 unspecified atom stereocenters. The van der Waals surface area contributed by atoms with Gasteiger partial charge in [-0.1, -0.05) is 40.8 Å². The molecule has 1 rings (SSSR count). The molecule has 52 valence electrons. The minimum Gasteiger partial charge on any atom is -0.398 e. The fourth-order valence-electron chi connectivity index (χ4n) is 0.731. The van der Waals surface area contributed by atoms with Crippen LogP contribution >= 0.6 is 22.6 Å². The summed E-state index contributed by atoms with van der Waals surface area (Å²) in [6.07, 6.45) is 1.98. The number of benzene rings is 1. The molecule has 0 saturated heterocycles. The Morgan fingerprint density at radius 2 is 2.00 bits per heavy atom. The van der Waals surface area contributed by atoms with Crippen molar-refractivity contribution in [2.75, 3.05) is 5.73 Å². The predicted octanol–water partition coefficient (Wildman–Crippen LogP) is 2.67. The van der Waals surface area contributed by atoms with Crippen LogP contribution in [0.5, 0.6) is 0 Å². The zero-order valence-corrected chi connectivity index (χ0v) is 7.58. The summed E-state index contributed by atoms with van der Waals surface area (Å²) in [5.41, 5.74) is 7.56. The smallest absolute Gasteiger partial charge is 0.0387 e. The molecule has 0 amide bonds. The molecule has 1 nitrogen and oxygen atoms in total. The Bertz CT molecular complexity index is 243. The second-order valence-corrected chi connectivity index (χ2v) is 2.64. The minimum atomic E-state index is 0.829. The van der Waals surface area contributed by atoms with Crippen molar-refractivity contribution >= 4 is 34.4 Å². The molecule has 0 bridgehead atoms. The molecule has 0 fully saturated rings. The fraction of sp³-hybridized carbons (Fsp3) is 0. The summed E-state index contributed by atoms with van der Waals surface area (Å²) in [4.78, 5) is 0. The van der Waals surface area contributed by atoms with Gasteiger partial charge in [-0.25, -0.2) is 0 Å². The average molecular weight is 245 g/mol. The fourth-order valence-corrected chi connectivity index (χ4v) is 1.12. The topological polar surface area (TPSA) is 26.0 Å². The molecule has 10 heavy (non-hydrogen) atoms. The second-order valence-electron chi connectivity index (χ2n) is 1.92. The Kier molecular flexibility index (Phi) is 2.74. The number of hydrogen-bond acceptors (Lipinski definition) is 1. The van der Waals surface area contributed by atoms with E-state index in [1.54, 1.807) is 0 Å². The van der Waals surface area contributed by atoms with Crippen LogP contribution in [-0.4, -0.2) is 0 Å². The summed E-state index contributed by atoms with van der Waals surface area (Å²) in [7, 11) is 0. The van der Waals surface area contributed by atoms with Crippen molar-refractivity contribution in [3.05, 3.63) is 33.9 Å². The Morgan fingerprint density at radius 3 is 2.60 bits per heavy atom. The van der Waals surface area contributed by atoms with E-state index in [2.05, 4.69) is 22.6 Å². The van der Waals surface area contributed by atoms with Gasteiger partial charge in [-0.05, 0) is 21.8 Å². The van der Waals surface area contributed by atoms with Crippen LogP contribution in [0.2, 0.25) is 0 Å². The molecule has 0 heterocycles. The van der Waals surface area contributed by atoms with Crippen molar-refractivity contribution < 1.29 is 0 Å². The molecule has 0 aliphatic carbocycles. The third-order valence-corrected chi connectivity index (χ3v) is 1.60. The molecule has 1 aromatic rings. The average Bonchev–Trinajstić information content (AvgIpc) is 1.94. The number of para-hydroxylation sites is 1. The van der Waals surface area contributed by atoms with Gasteiger partial charge in [0.05, 0.1) is 0 Å². The number of nitrogens with two attached hydrogens (primary N) is 1. The van der Waals surface area contributed by atoms with Gasteiger partial charge < -0.3 is 5.73 Å². The summed E-state index contributed by atoms with van der Waals surface area (Å²) >= 11 is 2.17. The Balaban J connectivity index is 3.03. The van der Waals surface area contributed by atoms with Gasteiger partial charge in [-0.2, -0.15) is 0 Å². The highest BCUT2D eigenvalue weighted by Crippen LogP contribution is 2.12. The molecule has 0 aliphatic rings. The van der Waals surface area contributed by atoms with Gasteiger partial charge in [0.15, 0.2) is 0 Å². The van der Waals surface area contributed by atoms with E-state index in [4.69, 9.17) is 5.73 Å². The van der Waals surface area contributed by atoms with Crippen molar-refractivity contribution in [3.8, 4) is 0 Å². The maximum atomic E-state index is 5.65. The monoisotopic (exact) mass is 245 g/mol. The molecule has 0 radical (unpaired) electrons. The van der Waals surface area contributed by atoms with Gasteiger partial charge in [-0.3, -0.25) is 0 Å². The maximum absolute atomic E-state index is 5.65. The SMILES string of the molecule is Nc1ccccc1/C=C\I. The van der Waals surface area contributed by atoms with Crippen LogP contribution in [0.15, 0.2) is 28.3 Å². The first-order valence-electron chi connectivity index (χ1n) is 2.96. The third kappa shape index (κ3) is 1.73. The Labute approximate surface area is 74.1 Å². The zero-order chi connectivity index (χ0) is 7.40. The van der Waals surface area contributed by atoms with E-state index in [9.17, 15) is 0 Å². The highest BCUT2D eigenvalue weighted by Gasteiger charge is 1.88. The summed E-state index contributed by atoms with van der Waals surface area (Å²) < 4.78 is 1.95. The molecule has 2 heteroatoms. The van der Waals surface area contributed by atoms with Crippen molar-refractivity contribution in [2.24, 2.45) is 0 Å². The first kappa shape index (κ1) is 7.60. The van der Waals surface area contributed by atoms with E-state index in [-0.39, 0.29) is 0 Å². The van der Waals surface area contributed by atoms with Crippen LogP contribution in [0.3, 0.4) is 0 Å². The lowest BCUT2D eigenvalue weighted by atomic mass is 10.2. The maximum Gasteiger partial charge on any atom is 0.0387 e. The first-order chi connectivity index (χ1) is 4.84. The molecule has 0 spiro atoms. The molecule has 0 atom stereocenters. The molecule has 1 aromatic carbocycles. The van der Waals surface area contributed by atoms with Crippen molar-refractivity contribution in [1.82, 2.24) is 0 Å². The van der Waals surface area contributed by atoms with Gasteiger partial charge in [0.1, 0.15) is 0 Å². The highest BCUT2D eigenvalue weighted by atomic mass is 127. The minimum absolute atomic E-state index is 0.829. The molecule has 0 aliphatic heterocycles. The highest BCUT2D eigenvalue weighted by molar-refractivity contribution is 14.1. The van der Waals surface area contributed by atoms with Crippen LogP contribution in [0.4, 0.5) is 5.69 Å². The van der Waals surface area contributed by atoms with Crippen LogP contribution in [-0.2, 0) is 0 Å². The molecular formula is C8H8IN. The van der Waals surface area contributed by atoms with E-state index in [0.717, 1.165) is 11.3 Å². The lowest BCUT2D eigenvalue weighted by molar-refractivity contribution is 1.64. The second kappa shape index (κ2) is 3.61. The number of rotatable bonds is 1. The van der Waals surface area contributed by atoms with Gasteiger partial charge in [0.2, 0.25) is 0 Å². The number of hydrogen-bond donors (Lipinski definition) is 1. The number of halogens is 1. The number of anilines is 1. The quantitative estimate of drug-likeness (QED) is 0.597. The molecular weight excluding hydrogens is 237 g/mol. The van der Waals surface area contributed by atoms with E-state index in [0.29, 0.717) is 0 Å². The van der Waals surface area contributed by atoms with Crippen molar-refractivity contribution in [2.45, 2.75) is 0 Å². The zero-order valence-electron chi connectivity index (χ0n) is 5.42. The van der Waals surface area contributed by atoms with E-state index in [1.165, 1.54) is 0 Å². The first-order valence-corrected chi connectivity index (χ1v) is 4.20. The summed E-state index contributed by atoms with van der Waals surface area (Å²) in [6, 6.07) is 7.79. The third-order valence-electron chi connectivity index (χ3n) is 1.24. The largest absolute Gasteiger partial charge is 0.398 e. The Morgan fingerprint density at radius 1 is 1.30 bits per heavy atom. The number of nitrogen functional groups attached to an aromatic ring is 1. The summed E-state index contributed by atoms with van der Waals surface area (Å²) in [5, 5.41) is 0. The van der Waals surface area contributed by atoms with Crippen molar-refractivity contribution in [3.63, 3.8) is 0 Å². The summed E-state index contributed by atoms with van der Waals surface area (Å²) in [5.74, 6) is 0. The van der Waals surface area contributed by atoms with E-state index >= 15 is 0 Å². The Hall–Kier alpha value is -0.510. The van der Waals surface area contributed by atoms with Crippen LogP contribution in [0.1, 0.15) is 5.56 Å². The van der Waals surface area contributed by atoms with E-state index in [1.807, 2.05) is 34.4 Å².